The van der Waals surface area contributed by atoms with E-state index in [0.717, 1.165) is 42.2 Å². The Hall–Kier alpha value is -1.23. The van der Waals surface area contributed by atoms with E-state index in [1.807, 2.05) is 0 Å². The molecule has 23 heavy (non-hydrogen) atoms. The highest BCUT2D eigenvalue weighted by atomic mass is 35.5. The molecule has 0 amide bonds. The molecule has 0 bridgehead atoms. The fourth-order valence-electron chi connectivity index (χ4n) is 3.40. The Morgan fingerprint density at radius 2 is 1.96 bits per heavy atom. The molecule has 2 aromatic rings. The number of hydrogen-bond donors (Lipinski definition) is 2. The molecule has 2 aliphatic rings. The van der Waals surface area contributed by atoms with Crippen LogP contribution in [0.4, 0.5) is 0 Å². The number of aryl methyl sites for hydroxylation is 1. The van der Waals surface area contributed by atoms with Crippen LogP contribution in [0, 0.1) is 0 Å². The highest BCUT2D eigenvalue weighted by molar-refractivity contribution is 6.33. The van der Waals surface area contributed by atoms with Crippen molar-refractivity contribution >= 4 is 22.6 Å². The maximum Gasteiger partial charge on any atom is 0.339 e. The Balaban J connectivity index is 0.00000156. The molecule has 1 fully saturated rings. The maximum atomic E-state index is 12.3. The molecule has 124 valence electrons. The topological polar surface area (TPSA) is 67.0 Å². The van der Waals surface area contributed by atoms with Gasteiger partial charge in [0, 0.05) is 23.8 Å². The zero-order chi connectivity index (χ0) is 15.3. The molecule has 6 heteroatoms. The Labute approximate surface area is 145 Å². The van der Waals surface area contributed by atoms with Crippen LogP contribution in [0.15, 0.2) is 15.3 Å². The summed E-state index contributed by atoms with van der Waals surface area (Å²) in [6, 6.07) is 2.37. The minimum atomic E-state index is -0.253. The number of benzene rings is 1. The maximum absolute atomic E-state index is 12.3. The van der Waals surface area contributed by atoms with E-state index in [0.29, 0.717) is 28.8 Å². The van der Waals surface area contributed by atoms with E-state index in [1.165, 1.54) is 12.8 Å². The standard InChI is InChI=1S/C17H18ClNO3.ClH/c18-14-7-12-10-3-1-2-4-11(10)17(21)22-16(12)13(15(14)20)8-19-9-5-6-9;/h7,9,19-20H,1-6,8H2;1H. The van der Waals surface area contributed by atoms with Gasteiger partial charge in [-0.3, -0.25) is 0 Å². The molecule has 0 radical (unpaired) electrons. The number of phenols is 1. The van der Waals surface area contributed by atoms with Crippen molar-refractivity contribution in [2.24, 2.45) is 0 Å². The summed E-state index contributed by atoms with van der Waals surface area (Å²) in [4.78, 5) is 12.3. The Kier molecular flexibility index (Phi) is 4.59. The van der Waals surface area contributed by atoms with Gasteiger partial charge in [0.2, 0.25) is 0 Å². The first-order chi connectivity index (χ1) is 10.6. The van der Waals surface area contributed by atoms with Gasteiger partial charge in [0.1, 0.15) is 12.3 Å². The normalized spacial score (nSPS) is 16.9. The zero-order valence-corrected chi connectivity index (χ0v) is 14.2. The predicted octanol–water partition coefficient (Wildman–Crippen LogP) is -0.739. The Bertz CT molecular complexity index is 812. The van der Waals surface area contributed by atoms with Crippen LogP contribution in [0.25, 0.3) is 11.0 Å². The summed E-state index contributed by atoms with van der Waals surface area (Å²) in [5, 5.41) is 13.7. The molecule has 1 heterocycles. The first-order valence-corrected chi connectivity index (χ1v) is 8.35. The number of nitrogens with two attached hydrogens (primary N) is 1. The monoisotopic (exact) mass is 355 g/mol. The lowest BCUT2D eigenvalue weighted by Crippen LogP contribution is -3.00. The van der Waals surface area contributed by atoms with Gasteiger partial charge < -0.3 is 27.2 Å². The van der Waals surface area contributed by atoms with Crippen molar-refractivity contribution in [1.82, 2.24) is 0 Å². The number of halogens is 2. The lowest BCUT2D eigenvalue weighted by molar-refractivity contribution is -0.683. The van der Waals surface area contributed by atoms with Gasteiger partial charge in [-0.05, 0) is 37.3 Å². The van der Waals surface area contributed by atoms with E-state index in [4.69, 9.17) is 16.0 Å². The first-order valence-electron chi connectivity index (χ1n) is 7.97. The number of aromatic hydroxyl groups is 1. The third-order valence-corrected chi connectivity index (χ3v) is 5.10. The van der Waals surface area contributed by atoms with E-state index < -0.39 is 0 Å². The smallest absolute Gasteiger partial charge is 0.339 e. The van der Waals surface area contributed by atoms with Crippen LogP contribution in [0.2, 0.25) is 5.02 Å². The van der Waals surface area contributed by atoms with E-state index >= 15 is 0 Å². The van der Waals surface area contributed by atoms with E-state index in [2.05, 4.69) is 5.32 Å². The highest BCUT2D eigenvalue weighted by Crippen LogP contribution is 2.37. The second-order valence-corrected chi connectivity index (χ2v) is 6.80. The summed E-state index contributed by atoms with van der Waals surface area (Å²) in [5.74, 6) is 0.0463. The molecule has 0 aliphatic heterocycles. The van der Waals surface area contributed by atoms with Crippen molar-refractivity contribution < 1.29 is 27.2 Å². The molecular weight excluding hydrogens is 337 g/mol. The summed E-state index contributed by atoms with van der Waals surface area (Å²) in [5.41, 5.74) is 2.77. The van der Waals surface area contributed by atoms with Crippen molar-refractivity contribution in [3.63, 3.8) is 0 Å². The molecule has 0 saturated heterocycles. The third kappa shape index (κ3) is 2.95. The quantitative estimate of drug-likeness (QED) is 0.712. The summed E-state index contributed by atoms with van der Waals surface area (Å²) < 4.78 is 5.59. The van der Waals surface area contributed by atoms with Crippen LogP contribution in [-0.2, 0) is 19.4 Å². The SMILES string of the molecule is O=c1oc2c(C[NH2+]C3CC3)c(O)c(Cl)cc2c2c1CCCC2.[Cl-]. The summed E-state index contributed by atoms with van der Waals surface area (Å²) >= 11 is 6.22. The minimum absolute atomic E-state index is 0. The number of rotatable bonds is 3. The van der Waals surface area contributed by atoms with Gasteiger partial charge in [-0.15, -0.1) is 0 Å². The van der Waals surface area contributed by atoms with Crippen LogP contribution in [0.5, 0.6) is 5.75 Å². The molecule has 0 unspecified atom stereocenters. The molecule has 3 N–H and O–H groups in total. The van der Waals surface area contributed by atoms with Gasteiger partial charge in [0.25, 0.3) is 0 Å². The molecule has 0 spiro atoms. The number of fused-ring (bicyclic) bond motifs is 3. The van der Waals surface area contributed by atoms with Crippen LogP contribution < -0.4 is 23.3 Å². The largest absolute Gasteiger partial charge is 1.00 e. The average molecular weight is 356 g/mol. The van der Waals surface area contributed by atoms with Crippen LogP contribution in [0.3, 0.4) is 0 Å². The molecule has 4 nitrogen and oxygen atoms in total. The van der Waals surface area contributed by atoms with Crippen LogP contribution in [0.1, 0.15) is 42.4 Å². The van der Waals surface area contributed by atoms with Gasteiger partial charge >= 0.3 is 5.63 Å². The Morgan fingerprint density at radius 3 is 2.65 bits per heavy atom. The fourth-order valence-corrected chi connectivity index (χ4v) is 3.63. The number of hydrogen-bond acceptors (Lipinski definition) is 3. The predicted molar refractivity (Wildman–Crippen MR) is 84.5 cm³/mol. The van der Waals surface area contributed by atoms with Crippen molar-refractivity contribution in [3.05, 3.63) is 38.2 Å². The van der Waals surface area contributed by atoms with E-state index in [-0.39, 0.29) is 23.8 Å². The van der Waals surface area contributed by atoms with Crippen molar-refractivity contribution in [1.29, 1.82) is 0 Å². The van der Waals surface area contributed by atoms with Gasteiger partial charge in [0.05, 0.1) is 16.6 Å². The van der Waals surface area contributed by atoms with Crippen molar-refractivity contribution in [3.8, 4) is 5.75 Å². The van der Waals surface area contributed by atoms with Crippen molar-refractivity contribution in [2.75, 3.05) is 0 Å². The lowest BCUT2D eigenvalue weighted by Gasteiger charge is -2.18. The third-order valence-electron chi connectivity index (χ3n) is 4.81. The Morgan fingerprint density at radius 1 is 1.26 bits per heavy atom. The second kappa shape index (κ2) is 6.34. The van der Waals surface area contributed by atoms with Gasteiger partial charge in [-0.2, -0.15) is 0 Å². The van der Waals surface area contributed by atoms with E-state index in [9.17, 15) is 9.90 Å². The van der Waals surface area contributed by atoms with Gasteiger partial charge in [-0.25, -0.2) is 4.79 Å². The summed E-state index contributed by atoms with van der Waals surface area (Å²) in [6.07, 6.45) is 6.17. The molecule has 4 rings (SSSR count). The summed E-state index contributed by atoms with van der Waals surface area (Å²) in [6.45, 7) is 0.593. The van der Waals surface area contributed by atoms with Crippen LogP contribution >= 0.6 is 11.6 Å². The number of phenolic OH excluding ortho intramolecular Hbond substituents is 1. The minimum Gasteiger partial charge on any atom is -1.00 e. The zero-order valence-electron chi connectivity index (χ0n) is 12.7. The lowest BCUT2D eigenvalue weighted by atomic mass is 9.90. The van der Waals surface area contributed by atoms with Gasteiger partial charge in [0.15, 0.2) is 5.58 Å². The average Bonchev–Trinajstić information content (AvgIpc) is 3.34. The second-order valence-electron chi connectivity index (χ2n) is 6.39. The van der Waals surface area contributed by atoms with E-state index in [1.54, 1.807) is 6.07 Å². The molecule has 1 saturated carbocycles. The fraction of sp³-hybridized carbons (Fsp3) is 0.471. The molecule has 0 atom stereocenters. The molecule has 2 aliphatic carbocycles. The molecular formula is C17H19Cl2NO3. The number of quaternary nitrogens is 1. The van der Waals surface area contributed by atoms with Gasteiger partial charge in [-0.1, -0.05) is 11.6 Å². The first kappa shape index (κ1) is 16.6. The van der Waals surface area contributed by atoms with Crippen molar-refractivity contribution in [2.45, 2.75) is 51.1 Å². The van der Waals surface area contributed by atoms with Crippen LogP contribution in [-0.4, -0.2) is 11.1 Å². The molecule has 1 aromatic heterocycles. The molecule has 1 aromatic carbocycles. The highest BCUT2D eigenvalue weighted by Gasteiger charge is 2.28. The summed E-state index contributed by atoms with van der Waals surface area (Å²) in [7, 11) is 0.